The summed E-state index contributed by atoms with van der Waals surface area (Å²) in [4.78, 5) is 29.1. The molecule has 1 heterocycles. The number of esters is 1. The van der Waals surface area contributed by atoms with Crippen molar-refractivity contribution >= 4 is 29.4 Å². The van der Waals surface area contributed by atoms with Crippen LogP contribution in [0.15, 0.2) is 78.9 Å². The Morgan fingerprint density at radius 1 is 0.906 bits per heavy atom. The summed E-state index contributed by atoms with van der Waals surface area (Å²) < 4.78 is 4.79. The third kappa shape index (κ3) is 5.14. The first kappa shape index (κ1) is 22.0. The molecule has 2 amide bonds. The molecule has 0 aromatic heterocycles. The van der Waals surface area contributed by atoms with Gasteiger partial charge in [0, 0.05) is 30.3 Å². The molecule has 0 bridgehead atoms. The largest absolute Gasteiger partial charge is 0.465 e. The molecule has 0 aliphatic carbocycles. The molecule has 0 atom stereocenters. The Morgan fingerprint density at radius 2 is 1.59 bits per heavy atom. The molecule has 0 N–H and O–H groups in total. The molecule has 0 radical (unpaired) electrons. The summed E-state index contributed by atoms with van der Waals surface area (Å²) in [6, 6.07) is 25.5. The lowest BCUT2D eigenvalue weighted by Crippen LogP contribution is -2.46. The molecule has 32 heavy (non-hydrogen) atoms. The summed E-state index contributed by atoms with van der Waals surface area (Å²) in [7, 11) is 1.37. The van der Waals surface area contributed by atoms with Gasteiger partial charge in [-0.25, -0.2) is 9.59 Å². The molecule has 1 saturated heterocycles. The second-order valence-corrected chi connectivity index (χ2v) is 8.80. The second kappa shape index (κ2) is 10.4. The number of benzene rings is 3. The normalized spacial score (nSPS) is 13.5. The first-order chi connectivity index (χ1) is 15.7. The van der Waals surface area contributed by atoms with Crippen molar-refractivity contribution in [3.05, 3.63) is 90.0 Å². The molecular formula is C26H26N2O3S. The molecule has 0 unspecified atom stereocenters. The first-order valence-corrected chi connectivity index (χ1v) is 11.8. The molecule has 4 rings (SSSR count). The lowest BCUT2D eigenvalue weighted by Gasteiger charge is -2.33. The van der Waals surface area contributed by atoms with Crippen molar-refractivity contribution in [2.75, 3.05) is 36.6 Å². The number of thioether (sulfide) groups is 1. The van der Waals surface area contributed by atoms with Crippen molar-refractivity contribution in [3.63, 3.8) is 0 Å². The highest BCUT2D eigenvalue weighted by atomic mass is 32.2. The maximum atomic E-state index is 13.5. The van der Waals surface area contributed by atoms with Gasteiger partial charge in [-0.3, -0.25) is 4.90 Å². The first-order valence-electron chi connectivity index (χ1n) is 10.6. The van der Waals surface area contributed by atoms with E-state index in [0.717, 1.165) is 47.0 Å². The molecular weight excluding hydrogens is 420 g/mol. The summed E-state index contributed by atoms with van der Waals surface area (Å²) >= 11 is 1.88. The third-order valence-electron chi connectivity index (χ3n) is 5.49. The zero-order chi connectivity index (χ0) is 22.3. The van der Waals surface area contributed by atoms with Crippen LogP contribution in [-0.2, 0) is 11.3 Å². The number of carbonyl (C=O) groups excluding carboxylic acids is 2. The number of hydrogen-bond donors (Lipinski definition) is 0. The number of hydrogen-bond acceptors (Lipinski definition) is 4. The number of ether oxygens (including phenoxy) is 1. The van der Waals surface area contributed by atoms with Crippen LogP contribution in [-0.4, -0.2) is 48.6 Å². The van der Waals surface area contributed by atoms with Crippen LogP contribution in [0.1, 0.15) is 15.9 Å². The maximum Gasteiger partial charge on any atom is 0.337 e. The van der Waals surface area contributed by atoms with Crippen LogP contribution in [0.5, 0.6) is 0 Å². The van der Waals surface area contributed by atoms with Crippen LogP contribution in [0.4, 0.5) is 10.5 Å². The Balaban J connectivity index is 1.65. The predicted molar refractivity (Wildman–Crippen MR) is 130 cm³/mol. The van der Waals surface area contributed by atoms with Gasteiger partial charge in [-0.05, 0) is 41.0 Å². The average molecular weight is 447 g/mol. The monoisotopic (exact) mass is 446 g/mol. The van der Waals surface area contributed by atoms with Gasteiger partial charge >= 0.3 is 12.0 Å². The third-order valence-corrected chi connectivity index (χ3v) is 6.44. The Labute approximate surface area is 193 Å². The molecule has 3 aromatic carbocycles. The molecule has 164 valence electrons. The minimum absolute atomic E-state index is 0.00700. The SMILES string of the molecule is COC(=O)c1ccc(CN(C(=O)N2CCSCC2)c2cccc(-c3ccccc3)c2)cc1. The highest BCUT2D eigenvalue weighted by molar-refractivity contribution is 7.99. The number of nitrogens with zero attached hydrogens (tertiary/aromatic N) is 2. The fraction of sp³-hybridized carbons (Fsp3) is 0.231. The van der Waals surface area contributed by atoms with Gasteiger partial charge in [-0.1, -0.05) is 54.6 Å². The van der Waals surface area contributed by atoms with E-state index < -0.39 is 0 Å². The van der Waals surface area contributed by atoms with Gasteiger partial charge < -0.3 is 9.64 Å². The molecule has 3 aromatic rings. The van der Waals surface area contributed by atoms with E-state index in [4.69, 9.17) is 4.74 Å². The van der Waals surface area contributed by atoms with E-state index in [0.29, 0.717) is 12.1 Å². The fourth-order valence-electron chi connectivity index (χ4n) is 3.73. The standard InChI is InChI=1S/C26H26N2O3S/c1-31-25(29)22-12-10-20(11-13-22)19-28(26(30)27-14-16-32-17-15-27)24-9-5-8-23(18-24)21-6-3-2-4-7-21/h2-13,18H,14-17,19H2,1H3. The number of methoxy groups -OCH3 is 1. The van der Waals surface area contributed by atoms with Crippen molar-refractivity contribution in [1.82, 2.24) is 4.90 Å². The molecule has 1 aliphatic heterocycles. The number of urea groups is 1. The van der Waals surface area contributed by atoms with E-state index in [2.05, 4.69) is 24.3 Å². The summed E-state index contributed by atoms with van der Waals surface area (Å²) in [6.45, 7) is 1.92. The van der Waals surface area contributed by atoms with E-state index in [1.54, 1.807) is 12.1 Å². The van der Waals surface area contributed by atoms with Gasteiger partial charge in [0.1, 0.15) is 0 Å². The van der Waals surface area contributed by atoms with Crippen LogP contribution in [0.25, 0.3) is 11.1 Å². The molecule has 5 nitrogen and oxygen atoms in total. The second-order valence-electron chi connectivity index (χ2n) is 7.57. The smallest absolute Gasteiger partial charge is 0.337 e. The number of rotatable bonds is 5. The van der Waals surface area contributed by atoms with Crippen molar-refractivity contribution in [3.8, 4) is 11.1 Å². The van der Waals surface area contributed by atoms with Crippen molar-refractivity contribution in [2.24, 2.45) is 0 Å². The predicted octanol–water partition coefficient (Wildman–Crippen LogP) is 5.32. The summed E-state index contributed by atoms with van der Waals surface area (Å²) in [6.07, 6.45) is 0. The van der Waals surface area contributed by atoms with Crippen LogP contribution in [0, 0.1) is 0 Å². The van der Waals surface area contributed by atoms with Crippen molar-refractivity contribution in [1.29, 1.82) is 0 Å². The van der Waals surface area contributed by atoms with E-state index in [9.17, 15) is 9.59 Å². The van der Waals surface area contributed by atoms with E-state index in [-0.39, 0.29) is 12.0 Å². The van der Waals surface area contributed by atoms with Crippen LogP contribution >= 0.6 is 11.8 Å². The quantitative estimate of drug-likeness (QED) is 0.498. The molecule has 0 spiro atoms. The maximum absolute atomic E-state index is 13.5. The molecule has 6 heteroatoms. The molecule has 0 saturated carbocycles. The van der Waals surface area contributed by atoms with Gasteiger partial charge in [0.25, 0.3) is 0 Å². The summed E-state index contributed by atoms with van der Waals surface area (Å²) in [5.41, 5.74) is 4.47. The van der Waals surface area contributed by atoms with Crippen LogP contribution in [0.2, 0.25) is 0 Å². The fourth-order valence-corrected chi connectivity index (χ4v) is 4.63. The van der Waals surface area contributed by atoms with Gasteiger partial charge in [0.05, 0.1) is 19.2 Å². The number of anilines is 1. The van der Waals surface area contributed by atoms with Gasteiger partial charge in [-0.2, -0.15) is 11.8 Å². The number of carbonyl (C=O) groups is 2. The molecule has 1 fully saturated rings. The lowest BCUT2D eigenvalue weighted by molar-refractivity contribution is 0.0600. The van der Waals surface area contributed by atoms with Crippen LogP contribution < -0.4 is 4.90 Å². The van der Waals surface area contributed by atoms with Crippen LogP contribution in [0.3, 0.4) is 0 Å². The van der Waals surface area contributed by atoms with Gasteiger partial charge in [0.15, 0.2) is 0 Å². The zero-order valence-corrected chi connectivity index (χ0v) is 18.9. The minimum Gasteiger partial charge on any atom is -0.465 e. The minimum atomic E-state index is -0.370. The van der Waals surface area contributed by atoms with E-state index in [1.807, 2.05) is 64.0 Å². The average Bonchev–Trinajstić information content (AvgIpc) is 2.88. The van der Waals surface area contributed by atoms with E-state index in [1.165, 1.54) is 7.11 Å². The molecule has 1 aliphatic rings. The van der Waals surface area contributed by atoms with Crippen molar-refractivity contribution in [2.45, 2.75) is 6.54 Å². The highest BCUT2D eigenvalue weighted by Crippen LogP contribution is 2.27. The Hall–Kier alpha value is -3.25. The Morgan fingerprint density at radius 3 is 2.28 bits per heavy atom. The Bertz CT molecular complexity index is 1060. The highest BCUT2D eigenvalue weighted by Gasteiger charge is 2.24. The van der Waals surface area contributed by atoms with Gasteiger partial charge in [-0.15, -0.1) is 0 Å². The topological polar surface area (TPSA) is 49.9 Å². The summed E-state index contributed by atoms with van der Waals surface area (Å²) in [5, 5.41) is 0. The Kier molecular flexibility index (Phi) is 7.12. The summed E-state index contributed by atoms with van der Waals surface area (Å²) in [5.74, 6) is 1.54. The van der Waals surface area contributed by atoms with Crippen molar-refractivity contribution < 1.29 is 14.3 Å². The van der Waals surface area contributed by atoms with Gasteiger partial charge in [0.2, 0.25) is 0 Å². The zero-order valence-electron chi connectivity index (χ0n) is 18.1. The lowest BCUT2D eigenvalue weighted by atomic mass is 10.0. The van der Waals surface area contributed by atoms with E-state index >= 15 is 0 Å². The number of amides is 2.